The van der Waals surface area contributed by atoms with Gasteiger partial charge in [-0.25, -0.2) is 0 Å². The van der Waals surface area contributed by atoms with Gasteiger partial charge in [-0.05, 0) is 85.1 Å². The number of rotatable bonds is 56. The molecule has 772 valence electrons. The second-order valence-corrected chi connectivity index (χ2v) is 33.8. The van der Waals surface area contributed by atoms with Crippen LogP contribution in [0.2, 0.25) is 0 Å². The van der Waals surface area contributed by atoms with Gasteiger partial charge in [0.2, 0.25) is 35.4 Å². The lowest BCUT2D eigenvalue weighted by atomic mass is 9.81. The summed E-state index contributed by atoms with van der Waals surface area (Å²) in [5, 5.41) is 256. The van der Waals surface area contributed by atoms with Crippen molar-refractivity contribution in [2.45, 2.75) is 357 Å². The molecular formula is C82H145N7O44. The monoisotopic (exact) mass is 1930 g/mol. The third kappa shape index (κ3) is 36.7. The molecule has 0 aromatic carbocycles. The largest absolute Gasteiger partial charge is 0.396 e. The van der Waals surface area contributed by atoms with Gasteiger partial charge in [0.05, 0.1) is 77.7 Å². The molecule has 0 spiro atoms. The van der Waals surface area contributed by atoms with Crippen molar-refractivity contribution >= 4 is 47.0 Å². The van der Waals surface area contributed by atoms with Crippen LogP contribution in [0.15, 0.2) is 0 Å². The van der Waals surface area contributed by atoms with Gasteiger partial charge in [0.25, 0.3) is 0 Å². The molecule has 6 amide bonds. The van der Waals surface area contributed by atoms with Gasteiger partial charge in [0, 0.05) is 96.6 Å². The third-order valence-corrected chi connectivity index (χ3v) is 23.6. The highest BCUT2D eigenvalue weighted by Gasteiger charge is 2.55. The number of aliphatic hydroxyl groups is 23. The maximum atomic E-state index is 13.6. The van der Waals surface area contributed by atoms with Crippen LogP contribution < -0.4 is 37.2 Å². The van der Waals surface area contributed by atoms with Gasteiger partial charge in [0.15, 0.2) is 37.7 Å². The first-order valence-corrected chi connectivity index (χ1v) is 45.4. The van der Waals surface area contributed by atoms with E-state index in [0.29, 0.717) is 77.2 Å². The Morgan fingerprint density at radius 1 is 0.331 bits per heavy atom. The quantitative estimate of drug-likeness (QED) is 0.0251. The van der Waals surface area contributed by atoms with E-state index in [0.717, 1.165) is 0 Å². The van der Waals surface area contributed by atoms with E-state index in [1.165, 1.54) is 6.92 Å². The summed E-state index contributed by atoms with van der Waals surface area (Å²) in [6.07, 6.45) is -48.3. The minimum atomic E-state index is -1.97. The number of likely N-dealkylation sites (N-methyl/N-ethyl adjacent to an activating group) is 1. The van der Waals surface area contributed by atoms with Crippen molar-refractivity contribution < 1.29 is 217 Å². The van der Waals surface area contributed by atoms with E-state index in [2.05, 4.69) is 37.2 Å². The zero-order chi connectivity index (χ0) is 98.3. The Morgan fingerprint density at radius 3 is 1.17 bits per heavy atom. The van der Waals surface area contributed by atoms with Crippen molar-refractivity contribution in [3.8, 4) is 0 Å². The van der Waals surface area contributed by atoms with Crippen LogP contribution in [0.1, 0.15) is 142 Å². The van der Waals surface area contributed by atoms with Crippen LogP contribution in [-0.2, 0) is 99.9 Å². The highest BCUT2D eigenvalue weighted by molar-refractivity contribution is 5.88. The Kier molecular flexibility index (Phi) is 53.1. The summed E-state index contributed by atoms with van der Waals surface area (Å²) in [6, 6.07) is -1.05. The zero-order valence-corrected chi connectivity index (χ0v) is 74.9. The van der Waals surface area contributed by atoms with E-state index in [4.69, 9.17) is 61.6 Å². The Bertz CT molecular complexity index is 3380. The van der Waals surface area contributed by atoms with E-state index >= 15 is 0 Å². The van der Waals surface area contributed by atoms with Gasteiger partial charge < -0.3 is 216 Å². The molecule has 6 aliphatic heterocycles. The summed E-state index contributed by atoms with van der Waals surface area (Å²) in [5.41, 5.74) is 0. The Balaban J connectivity index is 0.000000450. The summed E-state index contributed by atoms with van der Waals surface area (Å²) in [6.45, 7) is -0.618. The van der Waals surface area contributed by atoms with Crippen molar-refractivity contribution in [2.75, 3.05) is 106 Å². The molecular weight excluding hydrogens is 1790 g/mol. The Hall–Kier alpha value is -5.32. The second-order valence-electron chi connectivity index (χ2n) is 33.8. The molecule has 1 saturated carbocycles. The van der Waals surface area contributed by atoms with Gasteiger partial charge in [-0.3, -0.25) is 38.4 Å². The van der Waals surface area contributed by atoms with E-state index in [9.17, 15) is 156 Å². The Morgan fingerprint density at radius 2 is 0.707 bits per heavy atom. The number of carbonyl (C=O) groups is 8. The van der Waals surface area contributed by atoms with E-state index in [1.807, 2.05) is 6.92 Å². The number of hydrogen-bond donors (Lipinski definition) is 30. The molecule has 6 saturated heterocycles. The van der Waals surface area contributed by atoms with Crippen LogP contribution in [0.25, 0.3) is 0 Å². The fourth-order valence-corrected chi connectivity index (χ4v) is 15.5. The minimum absolute atomic E-state index is 0.0296. The number of nitrogens with one attached hydrogen (secondary N) is 7. The molecule has 0 radical (unpaired) electrons. The number of ketones is 2. The van der Waals surface area contributed by atoms with Crippen molar-refractivity contribution in [3.05, 3.63) is 0 Å². The second kappa shape index (κ2) is 60.6. The normalized spacial score (nSPS) is 36.0. The van der Waals surface area contributed by atoms with Gasteiger partial charge >= 0.3 is 0 Å². The summed E-state index contributed by atoms with van der Waals surface area (Å²) >= 11 is 0. The van der Waals surface area contributed by atoms with Crippen LogP contribution in [-0.4, -0.2) is 485 Å². The topological polar surface area (TPSA) is 806 Å². The molecule has 7 aliphatic rings. The smallest absolute Gasteiger partial charge is 0.242 e. The van der Waals surface area contributed by atoms with E-state index in [-0.39, 0.29) is 146 Å². The van der Waals surface area contributed by atoms with Crippen molar-refractivity contribution in [1.82, 2.24) is 37.2 Å². The predicted molar refractivity (Wildman–Crippen MR) is 446 cm³/mol. The highest BCUT2D eigenvalue weighted by atomic mass is 16.8. The summed E-state index contributed by atoms with van der Waals surface area (Å²) in [4.78, 5) is 99.3. The van der Waals surface area contributed by atoms with Crippen LogP contribution in [0, 0.1) is 5.92 Å². The zero-order valence-electron chi connectivity index (χ0n) is 74.9. The molecule has 1 aliphatic carbocycles. The van der Waals surface area contributed by atoms with Crippen LogP contribution >= 0.6 is 0 Å². The van der Waals surface area contributed by atoms with Gasteiger partial charge in [-0.2, -0.15) is 0 Å². The fourth-order valence-electron chi connectivity index (χ4n) is 15.5. The summed E-state index contributed by atoms with van der Waals surface area (Å²) in [5.74, 6) is -2.91. The minimum Gasteiger partial charge on any atom is -0.396 e. The number of unbranched alkanes of at least 4 members (excludes halogenated alkanes) is 6. The van der Waals surface area contributed by atoms with Crippen molar-refractivity contribution in [1.29, 1.82) is 0 Å². The lowest BCUT2D eigenvalue weighted by molar-refractivity contribution is -0.366. The lowest BCUT2D eigenvalue weighted by Gasteiger charge is -2.46. The highest BCUT2D eigenvalue weighted by Crippen LogP contribution is 2.35. The van der Waals surface area contributed by atoms with Gasteiger partial charge in [0.1, 0.15) is 170 Å². The fraction of sp³-hybridized carbons (Fsp3) is 0.902. The van der Waals surface area contributed by atoms with Crippen LogP contribution in [0.4, 0.5) is 0 Å². The first kappa shape index (κ1) is 116. The van der Waals surface area contributed by atoms with Gasteiger partial charge in [-0.15, -0.1) is 0 Å². The summed E-state index contributed by atoms with van der Waals surface area (Å²) < 4.78 is 72.6. The maximum Gasteiger partial charge on any atom is 0.242 e. The number of aliphatic hydroxyl groups excluding tert-OH is 23. The van der Waals surface area contributed by atoms with Crippen LogP contribution in [0.3, 0.4) is 0 Å². The molecule has 0 aromatic heterocycles. The molecule has 51 nitrogen and oxygen atoms in total. The van der Waals surface area contributed by atoms with Crippen molar-refractivity contribution in [3.63, 3.8) is 0 Å². The molecule has 133 heavy (non-hydrogen) atoms. The third-order valence-electron chi connectivity index (χ3n) is 23.6. The standard InChI is InChI=1S/C50H89N5O26.C32H56N2O18/c1-3-51-30(58)13-6-4-5-7-16-33(61)55-26(12-10-11-17-52-31(59)14-8-9-15-32(60)53-18-20-74-47-41(69)38(66)34(62)25(2)77-47)46(73)54-19-21-75-49-44(72)45(81-50-43(71)40(68)36(64)28(23-57)79-50)37(65)29(80-49)24-76-48-42(70)39(67)35(63)27(22-56)78-48;1-33-11-17(38)7-6-16(37)4-2-3-5-21(39)34-8-9-48-31-29(47)30(52-32-28(46)27(45)24(42)19(13-36)50-32)25(43)20(51-31)14-49-18-10-15(12-35)22(40)26(44)23(18)41/h25-29,34-45,47-50,56-57,62-72H,3-24H2,1-2H3,(H,51,58)(H,52,59)(H,53,60)(H,54,73)(H,55,61);15,18-20,22-33,35-36,40-47H,2-14H2,1H3,(H,34,39)/t25-,26-,27+,28+,29+,34+,35+,36+,37+,38+,39-,40-,41-,42-,43-,44-,45-,47+,48-,49-,50+;15-,18+,19-,20?,22-,23-,24-,25-,26+,27+,28+,29+,30+,31+,32-/m01/s1. The molecule has 30 N–H and O–H groups in total. The molecule has 1 unspecified atom stereocenters. The Labute approximate surface area is 767 Å². The molecule has 7 rings (SSSR count). The number of Topliss-reactive ketones (excluding diaryl/α,β-unsaturated/α-hetero) is 2. The summed E-state index contributed by atoms with van der Waals surface area (Å²) in [7, 11) is 1.64. The number of carbonyl (C=O) groups excluding carboxylic acids is 8. The average molecular weight is 1930 g/mol. The molecule has 6 heterocycles. The van der Waals surface area contributed by atoms with E-state index in [1.54, 1.807) is 7.05 Å². The van der Waals surface area contributed by atoms with Crippen molar-refractivity contribution in [2.24, 2.45) is 5.92 Å². The average Bonchev–Trinajstić information content (AvgIpc) is 0.783. The number of amides is 6. The van der Waals surface area contributed by atoms with Gasteiger partial charge in [-0.1, -0.05) is 12.8 Å². The van der Waals surface area contributed by atoms with E-state index < -0.39 is 272 Å². The molecule has 0 bridgehead atoms. The first-order valence-electron chi connectivity index (χ1n) is 45.4. The molecule has 51 heteroatoms. The predicted octanol–water partition coefficient (Wildman–Crippen LogP) is -13.7. The maximum absolute atomic E-state index is 13.6. The first-order chi connectivity index (χ1) is 63.4. The molecule has 36 atom stereocenters. The number of hydrogen-bond acceptors (Lipinski definition) is 45. The molecule has 7 fully saturated rings. The SMILES string of the molecule is CCNC(=O)CCCCCCC(=O)N[C@@H](CCCCNC(=O)CCCCC(=O)NCCO[C@@H]1O[C@@H](C)[C@@H](O)[C@@H](O)[C@@H]1O)C(=O)NCCO[C@H]1O[C@H](CO[C@H]2O[C@H](CO)[C@@H](O)[C@H](O)[C@@H]2O)[C@@H](O)[C@H](O[C@H]2O[C@H](CO)[C@@H](O)[C@H](O)[C@@H]2O)[C@@H]1O.CNCC(=O)CCC(=O)CCCCC(=O)NCCO[C@H]1OC(CO[C@H]2C[C@H](CO)[C@@H](O)[C@H](O)[C@@H]2O)[C@@H](O)[C@H](O[C@H]2O[C@H](CO)[C@@H](O)[C@H](O)[C@@H]2O)[C@@H]1O. The van der Waals surface area contributed by atoms with Crippen LogP contribution in [0.5, 0.6) is 0 Å². The molecule has 0 aromatic rings. The lowest BCUT2D eigenvalue weighted by Crippen LogP contribution is -2.65. The number of ether oxygens (including phenoxy) is 13.